The van der Waals surface area contributed by atoms with E-state index >= 15 is 0 Å². The van der Waals surface area contributed by atoms with Gasteiger partial charge < -0.3 is 0 Å². The summed E-state index contributed by atoms with van der Waals surface area (Å²) in [5, 5.41) is 3.73. The summed E-state index contributed by atoms with van der Waals surface area (Å²) < 4.78 is 3.15. The summed E-state index contributed by atoms with van der Waals surface area (Å²) >= 11 is 3.51. The molecule has 0 radical (unpaired) electrons. The van der Waals surface area contributed by atoms with E-state index in [0.29, 0.717) is 19.5 Å². The van der Waals surface area contributed by atoms with E-state index in [4.69, 9.17) is 0 Å². The van der Waals surface area contributed by atoms with E-state index in [2.05, 4.69) is 66.9 Å². The molecule has 5 nitrogen and oxygen atoms in total. The molecular weight excluding hydrogens is 570 g/mol. The van der Waals surface area contributed by atoms with Crippen LogP contribution in [-0.4, -0.2) is 64.9 Å². The van der Waals surface area contributed by atoms with Crippen molar-refractivity contribution in [2.45, 2.75) is 39.5 Å². The van der Waals surface area contributed by atoms with Crippen molar-refractivity contribution in [1.82, 2.24) is 14.4 Å². The normalized spacial score (nSPS) is 17.7. The molecule has 6 rings (SSSR count). The number of fused-ring (bicyclic) bond motifs is 5. The van der Waals surface area contributed by atoms with Gasteiger partial charge in [0.2, 0.25) is 0 Å². The molecule has 1 fully saturated rings. The second-order valence-corrected chi connectivity index (χ2v) is 12.0. The molecule has 1 saturated heterocycles. The van der Waals surface area contributed by atoms with Gasteiger partial charge >= 0.3 is 217 Å². The van der Waals surface area contributed by atoms with Crippen LogP contribution in [0.2, 0.25) is 0 Å². The van der Waals surface area contributed by atoms with Crippen molar-refractivity contribution in [2.75, 3.05) is 13.1 Å². The Morgan fingerprint density at radius 3 is 2.26 bits per heavy atom. The van der Waals surface area contributed by atoms with Crippen LogP contribution in [0.3, 0.4) is 0 Å². The van der Waals surface area contributed by atoms with Gasteiger partial charge in [0.05, 0.1) is 0 Å². The quantitative estimate of drug-likeness (QED) is 0.255. The van der Waals surface area contributed by atoms with Gasteiger partial charge in [-0.25, -0.2) is 0 Å². The maximum absolute atomic E-state index is 13.3. The van der Waals surface area contributed by atoms with Gasteiger partial charge in [-0.3, -0.25) is 0 Å². The molecule has 0 N–H and O–H groups in total. The summed E-state index contributed by atoms with van der Waals surface area (Å²) in [4.78, 5) is 31.3. The van der Waals surface area contributed by atoms with E-state index in [1.54, 1.807) is 43.0 Å². The molecule has 178 valence electrons. The van der Waals surface area contributed by atoms with Crippen LogP contribution < -0.4 is 0 Å². The number of hydrogen-bond donors (Lipinski definition) is 0. The molecule has 2 aromatic carbocycles. The third-order valence-corrected chi connectivity index (χ3v) is 10.0. The number of thiophene rings is 1. The molecule has 2 aliphatic heterocycles. The van der Waals surface area contributed by atoms with Crippen LogP contribution in [0.25, 0.3) is 26.8 Å². The predicted molar refractivity (Wildman–Crippen MR) is 144 cm³/mol. The first-order valence-corrected chi connectivity index (χ1v) is 14.1. The van der Waals surface area contributed by atoms with E-state index < -0.39 is 5.92 Å². The monoisotopic (exact) mass is 599 g/mol. The van der Waals surface area contributed by atoms with E-state index in [1.807, 2.05) is 13.8 Å². The van der Waals surface area contributed by atoms with Gasteiger partial charge in [0.1, 0.15) is 0 Å². The third kappa shape index (κ3) is 3.08. The number of hydrogen-bond acceptors (Lipinski definition) is 3. The standard InChI is InChI=1S/C28H27N3O2STe/c1-5-29-24(32)19(25(33)30(6-2)27(29)35)14-16-15-21-26(34-16)31-22-13-8-7-10-17(22)18-11-9-12-20(23(18)31)28(21,3)4/h7-13,15,19H,5-6,14H2,1-4H3. The van der Waals surface area contributed by atoms with Crippen LogP contribution in [0.4, 0.5) is 0 Å². The van der Waals surface area contributed by atoms with Gasteiger partial charge in [0.15, 0.2) is 0 Å². The van der Waals surface area contributed by atoms with Crippen molar-refractivity contribution in [3.05, 3.63) is 64.5 Å². The SMILES string of the molecule is CCN1C(=O)C(Cc2cc3c(s2)-n2c4ccccc4c4cccc(c42)C3(C)C)C(=O)N(CC)C1=[Te]. The molecule has 0 unspecified atom stereocenters. The molecule has 2 aromatic heterocycles. The molecule has 35 heavy (non-hydrogen) atoms. The number of rotatable bonds is 4. The van der Waals surface area contributed by atoms with Crippen molar-refractivity contribution >= 4 is 70.6 Å². The van der Waals surface area contributed by atoms with Crippen molar-refractivity contribution in [3.63, 3.8) is 0 Å². The molecule has 0 aliphatic carbocycles. The van der Waals surface area contributed by atoms with Crippen LogP contribution in [0, 0.1) is 5.92 Å². The zero-order chi connectivity index (χ0) is 24.6. The number of amides is 2. The van der Waals surface area contributed by atoms with Crippen LogP contribution in [0.5, 0.6) is 0 Å². The first kappa shape index (κ1) is 23.0. The molecule has 2 aliphatic rings. The maximum atomic E-state index is 13.3. The van der Waals surface area contributed by atoms with Crippen LogP contribution in [-0.2, 0) is 21.4 Å². The van der Waals surface area contributed by atoms with Crippen LogP contribution in [0.1, 0.15) is 43.7 Å². The van der Waals surface area contributed by atoms with Crippen molar-refractivity contribution in [3.8, 4) is 5.00 Å². The van der Waals surface area contributed by atoms with Crippen LogP contribution >= 0.6 is 11.3 Å². The first-order chi connectivity index (χ1) is 16.8. The Kier molecular flexibility index (Phi) is 5.27. The van der Waals surface area contributed by atoms with E-state index in [0.717, 1.165) is 8.68 Å². The second kappa shape index (κ2) is 8.03. The van der Waals surface area contributed by atoms with Crippen molar-refractivity contribution < 1.29 is 9.59 Å². The predicted octanol–water partition coefficient (Wildman–Crippen LogP) is 4.61. The topological polar surface area (TPSA) is 45.6 Å². The molecule has 0 saturated carbocycles. The number of benzene rings is 2. The zero-order valence-corrected chi connectivity index (χ0v) is 23.4. The Balaban J connectivity index is 1.51. The summed E-state index contributed by atoms with van der Waals surface area (Å²) in [7, 11) is 0. The Labute approximate surface area is 221 Å². The summed E-state index contributed by atoms with van der Waals surface area (Å²) in [5.41, 5.74) is 4.86. The summed E-state index contributed by atoms with van der Waals surface area (Å²) in [6, 6.07) is 17.4. The zero-order valence-electron chi connectivity index (χ0n) is 20.3. The van der Waals surface area contributed by atoms with Gasteiger partial charge in [-0.1, -0.05) is 6.07 Å². The van der Waals surface area contributed by atoms with E-state index in [-0.39, 0.29) is 17.2 Å². The fourth-order valence-corrected chi connectivity index (χ4v) is 8.43. The number of carbonyl (C=O) groups excluding carboxylic acids is 2. The van der Waals surface area contributed by atoms with Gasteiger partial charge in [-0.15, -0.1) is 0 Å². The minimum absolute atomic E-state index is 0.0786. The summed E-state index contributed by atoms with van der Waals surface area (Å²) in [5.74, 6) is -0.831. The summed E-state index contributed by atoms with van der Waals surface area (Å²) in [6.07, 6.45) is 0.436. The molecule has 0 bridgehead atoms. The minimum atomic E-state index is -0.674. The fraction of sp³-hybridized carbons (Fsp3) is 0.321. The fourth-order valence-electron chi connectivity index (χ4n) is 5.80. The Morgan fingerprint density at radius 1 is 0.914 bits per heavy atom. The Morgan fingerprint density at radius 2 is 1.57 bits per heavy atom. The molecule has 4 heterocycles. The molecule has 0 spiro atoms. The molecule has 2 amide bonds. The molecule has 0 atom stereocenters. The van der Waals surface area contributed by atoms with Crippen LogP contribution in [0.15, 0.2) is 48.5 Å². The summed E-state index contributed by atoms with van der Waals surface area (Å²) in [6.45, 7) is 9.65. The third-order valence-electron chi connectivity index (χ3n) is 7.64. The molecule has 4 aromatic rings. The average Bonchev–Trinajstić information content (AvgIpc) is 3.41. The van der Waals surface area contributed by atoms with Gasteiger partial charge in [0, 0.05) is 0 Å². The number of carbonyl (C=O) groups is 2. The van der Waals surface area contributed by atoms with E-state index in [1.165, 1.54) is 37.9 Å². The van der Waals surface area contributed by atoms with Gasteiger partial charge in [-0.2, -0.15) is 0 Å². The Bertz CT molecular complexity index is 1540. The van der Waals surface area contributed by atoms with Gasteiger partial charge in [-0.05, 0) is 0 Å². The van der Waals surface area contributed by atoms with Gasteiger partial charge in [0.25, 0.3) is 0 Å². The Hall–Kier alpha value is -2.46. The molecular formula is C28H27N3O2STe. The number of nitrogens with zero attached hydrogens (tertiary/aromatic N) is 3. The first-order valence-electron chi connectivity index (χ1n) is 12.1. The average molecular weight is 597 g/mol. The second-order valence-electron chi connectivity index (χ2n) is 9.82. The van der Waals surface area contributed by atoms with Crippen molar-refractivity contribution in [1.29, 1.82) is 0 Å². The number of aromatic nitrogens is 1. The van der Waals surface area contributed by atoms with Crippen molar-refractivity contribution in [2.24, 2.45) is 5.92 Å². The van der Waals surface area contributed by atoms with E-state index in [9.17, 15) is 9.59 Å². The number of para-hydroxylation sites is 2. The molecule has 7 heteroatoms.